The van der Waals surface area contributed by atoms with Gasteiger partial charge in [0.2, 0.25) is 0 Å². The van der Waals surface area contributed by atoms with E-state index in [1.807, 2.05) is 6.07 Å². The van der Waals surface area contributed by atoms with Crippen LogP contribution in [0.3, 0.4) is 0 Å². The van der Waals surface area contributed by atoms with Gasteiger partial charge < -0.3 is 20.3 Å². The molecule has 0 saturated heterocycles. The minimum absolute atomic E-state index is 0.356. The highest BCUT2D eigenvalue weighted by Crippen LogP contribution is 2.26. The van der Waals surface area contributed by atoms with E-state index in [1.54, 1.807) is 13.1 Å². The molecule has 0 aliphatic carbocycles. The Balaban J connectivity index is 1.52. The largest absolute Gasteiger partial charge is 0.386 e. The van der Waals surface area contributed by atoms with Crippen LogP contribution in [0, 0.1) is 0 Å². The molecule has 2 aromatic rings. The molecule has 0 aromatic carbocycles. The normalized spacial score (nSPS) is 16.2. The first-order valence-electron chi connectivity index (χ1n) is 8.46. The molecule has 0 amide bonds. The molecule has 7 nitrogen and oxygen atoms in total. The molecule has 1 unspecified atom stereocenters. The molecule has 9 heteroatoms. The Hall–Kier alpha value is -1.64. The third-order valence-electron chi connectivity index (χ3n) is 4.21. The molecule has 0 spiro atoms. The lowest BCUT2D eigenvalue weighted by atomic mass is 10.2. The first-order valence-corrected chi connectivity index (χ1v) is 9.65. The summed E-state index contributed by atoms with van der Waals surface area (Å²) < 4.78 is 2.87. The lowest BCUT2D eigenvalue weighted by molar-refractivity contribution is 0.184. The Morgan fingerprint density at radius 1 is 1.36 bits per heavy atom. The average Bonchev–Trinajstić information content (AvgIpc) is 3.14. The van der Waals surface area contributed by atoms with Crippen molar-refractivity contribution >= 4 is 28.9 Å². The molecule has 0 radical (unpaired) electrons. The Morgan fingerprint density at radius 2 is 2.24 bits per heavy atom. The zero-order chi connectivity index (χ0) is 17.6. The Morgan fingerprint density at radius 3 is 3.00 bits per heavy atom. The molecule has 25 heavy (non-hydrogen) atoms. The molecule has 1 aliphatic rings. The number of halogens is 1. The van der Waals surface area contributed by atoms with Crippen LogP contribution in [0.1, 0.15) is 41.9 Å². The number of aliphatic imine (C=N–C) groups is 1. The SMILES string of the molecule is CN=C(NCc1nnc2n1CCCCC2)NCC(O)c1ccc(Cl)s1. The van der Waals surface area contributed by atoms with E-state index >= 15 is 0 Å². The molecule has 0 saturated carbocycles. The van der Waals surface area contributed by atoms with Crippen LogP contribution in [0.25, 0.3) is 0 Å². The van der Waals surface area contributed by atoms with Gasteiger partial charge in [-0.1, -0.05) is 18.0 Å². The van der Waals surface area contributed by atoms with Crippen molar-refractivity contribution in [2.24, 2.45) is 4.99 Å². The fourth-order valence-electron chi connectivity index (χ4n) is 2.86. The molecule has 3 N–H and O–H groups in total. The van der Waals surface area contributed by atoms with Gasteiger partial charge >= 0.3 is 0 Å². The monoisotopic (exact) mass is 382 g/mol. The number of nitrogens with one attached hydrogen (secondary N) is 2. The summed E-state index contributed by atoms with van der Waals surface area (Å²) in [4.78, 5) is 5.02. The average molecular weight is 383 g/mol. The van der Waals surface area contributed by atoms with Crippen LogP contribution >= 0.6 is 22.9 Å². The van der Waals surface area contributed by atoms with Crippen LogP contribution < -0.4 is 10.6 Å². The molecule has 3 heterocycles. The minimum atomic E-state index is -0.625. The Kier molecular flexibility index (Phi) is 6.28. The maximum Gasteiger partial charge on any atom is 0.191 e. The fraction of sp³-hybridized carbons (Fsp3) is 0.562. The van der Waals surface area contributed by atoms with Crippen molar-refractivity contribution in [1.29, 1.82) is 0 Å². The first-order chi connectivity index (χ1) is 12.2. The van der Waals surface area contributed by atoms with Crippen LogP contribution in [0.4, 0.5) is 0 Å². The standard InChI is InChI=1S/C16H23ClN6OS/c1-18-16(19-9-11(24)12-6-7-13(17)25-12)20-10-15-22-21-14-5-3-2-4-8-23(14)15/h6-7,11,24H,2-5,8-10H2,1H3,(H2,18,19,20). The van der Waals surface area contributed by atoms with Gasteiger partial charge in [-0.2, -0.15) is 0 Å². The number of hydrogen-bond donors (Lipinski definition) is 3. The van der Waals surface area contributed by atoms with Crippen molar-refractivity contribution < 1.29 is 5.11 Å². The third kappa shape index (κ3) is 4.71. The predicted octanol–water partition coefficient (Wildman–Crippen LogP) is 2.12. The number of guanidine groups is 1. The number of aliphatic hydroxyl groups is 1. The van der Waals surface area contributed by atoms with Gasteiger partial charge in [0, 0.05) is 31.4 Å². The summed E-state index contributed by atoms with van der Waals surface area (Å²) >= 11 is 7.28. The van der Waals surface area contributed by atoms with Gasteiger partial charge in [0.15, 0.2) is 11.8 Å². The summed E-state index contributed by atoms with van der Waals surface area (Å²) in [5.41, 5.74) is 0. The van der Waals surface area contributed by atoms with Gasteiger partial charge in [0.05, 0.1) is 10.9 Å². The van der Waals surface area contributed by atoms with Gasteiger partial charge in [-0.3, -0.25) is 4.99 Å². The summed E-state index contributed by atoms with van der Waals surface area (Å²) in [5.74, 6) is 2.61. The lowest BCUT2D eigenvalue weighted by Gasteiger charge is -2.15. The number of fused-ring (bicyclic) bond motifs is 1. The number of aromatic nitrogens is 3. The molecule has 1 aliphatic heterocycles. The highest BCUT2D eigenvalue weighted by atomic mass is 35.5. The highest BCUT2D eigenvalue weighted by molar-refractivity contribution is 7.16. The molecule has 0 bridgehead atoms. The predicted molar refractivity (Wildman–Crippen MR) is 100 cm³/mol. The van der Waals surface area contributed by atoms with E-state index in [2.05, 4.69) is 30.4 Å². The van der Waals surface area contributed by atoms with Crippen molar-refractivity contribution in [2.45, 2.75) is 44.9 Å². The number of thiophene rings is 1. The van der Waals surface area contributed by atoms with Gasteiger partial charge in [0.25, 0.3) is 0 Å². The van der Waals surface area contributed by atoms with Crippen LogP contribution in [-0.2, 0) is 19.5 Å². The lowest BCUT2D eigenvalue weighted by Crippen LogP contribution is -2.39. The summed E-state index contributed by atoms with van der Waals surface area (Å²) in [6, 6.07) is 3.62. The maximum absolute atomic E-state index is 10.2. The second-order valence-electron chi connectivity index (χ2n) is 5.96. The molecular formula is C16H23ClN6OS. The first kappa shape index (κ1) is 18.2. The zero-order valence-electron chi connectivity index (χ0n) is 14.2. The fourth-order valence-corrected chi connectivity index (χ4v) is 3.91. The number of rotatable bonds is 5. The number of hydrogen-bond acceptors (Lipinski definition) is 5. The van der Waals surface area contributed by atoms with E-state index in [9.17, 15) is 5.11 Å². The van der Waals surface area contributed by atoms with Gasteiger partial charge in [-0.25, -0.2) is 0 Å². The van der Waals surface area contributed by atoms with Crippen molar-refractivity contribution in [3.05, 3.63) is 33.0 Å². The quantitative estimate of drug-likeness (QED) is 0.544. The van der Waals surface area contributed by atoms with E-state index in [-0.39, 0.29) is 0 Å². The van der Waals surface area contributed by atoms with Crippen molar-refractivity contribution in [1.82, 2.24) is 25.4 Å². The zero-order valence-corrected chi connectivity index (χ0v) is 15.8. The van der Waals surface area contributed by atoms with E-state index in [0.717, 1.165) is 29.5 Å². The minimum Gasteiger partial charge on any atom is -0.386 e. The molecule has 2 aromatic heterocycles. The second-order valence-corrected chi connectivity index (χ2v) is 7.71. The number of nitrogens with zero attached hydrogens (tertiary/aromatic N) is 4. The van der Waals surface area contributed by atoms with E-state index < -0.39 is 6.10 Å². The molecule has 0 fully saturated rings. The summed E-state index contributed by atoms with van der Waals surface area (Å²) in [6.45, 7) is 1.88. The maximum atomic E-state index is 10.2. The van der Waals surface area contributed by atoms with Crippen molar-refractivity contribution in [3.8, 4) is 0 Å². The number of aliphatic hydroxyl groups excluding tert-OH is 1. The van der Waals surface area contributed by atoms with Crippen LogP contribution in [0.5, 0.6) is 0 Å². The molecule has 3 rings (SSSR count). The van der Waals surface area contributed by atoms with Gasteiger partial charge in [0.1, 0.15) is 11.9 Å². The van der Waals surface area contributed by atoms with Crippen LogP contribution in [-0.4, -0.2) is 39.4 Å². The summed E-state index contributed by atoms with van der Waals surface area (Å²) in [6.07, 6.45) is 3.96. The Bertz CT molecular complexity index is 728. The summed E-state index contributed by atoms with van der Waals surface area (Å²) in [7, 11) is 1.70. The van der Waals surface area contributed by atoms with E-state index in [4.69, 9.17) is 11.6 Å². The van der Waals surface area contributed by atoms with Gasteiger partial charge in [-0.05, 0) is 25.0 Å². The van der Waals surface area contributed by atoms with Crippen molar-refractivity contribution in [3.63, 3.8) is 0 Å². The number of aryl methyl sites for hydroxylation is 1. The highest BCUT2D eigenvalue weighted by Gasteiger charge is 2.15. The third-order valence-corrected chi connectivity index (χ3v) is 5.54. The molecule has 136 valence electrons. The molecule has 1 atom stereocenters. The van der Waals surface area contributed by atoms with E-state index in [0.29, 0.717) is 23.4 Å². The molecular weight excluding hydrogens is 360 g/mol. The van der Waals surface area contributed by atoms with Crippen molar-refractivity contribution in [2.75, 3.05) is 13.6 Å². The van der Waals surface area contributed by atoms with Crippen LogP contribution in [0.2, 0.25) is 4.34 Å². The van der Waals surface area contributed by atoms with Gasteiger partial charge in [-0.15, -0.1) is 21.5 Å². The Labute approximate surface area is 156 Å². The van der Waals surface area contributed by atoms with Crippen LogP contribution in [0.15, 0.2) is 17.1 Å². The smallest absolute Gasteiger partial charge is 0.191 e. The van der Waals surface area contributed by atoms with E-state index in [1.165, 1.54) is 30.6 Å². The topological polar surface area (TPSA) is 87.4 Å². The summed E-state index contributed by atoms with van der Waals surface area (Å²) in [5, 5.41) is 25.2. The second kappa shape index (κ2) is 8.64.